The number of ether oxygens (including phenoxy) is 2. The predicted molar refractivity (Wildman–Crippen MR) is 116 cm³/mol. The van der Waals surface area contributed by atoms with Crippen molar-refractivity contribution in [3.05, 3.63) is 29.3 Å². The average molecular weight is 444 g/mol. The molecule has 0 spiro atoms. The second-order valence-corrected chi connectivity index (χ2v) is 6.91. The molecule has 1 N–H and O–H groups in total. The van der Waals surface area contributed by atoms with E-state index in [-0.39, 0.29) is 31.4 Å². The van der Waals surface area contributed by atoms with Gasteiger partial charge < -0.3 is 14.6 Å². The van der Waals surface area contributed by atoms with Gasteiger partial charge in [-0.15, -0.1) is 24.8 Å². The van der Waals surface area contributed by atoms with Gasteiger partial charge in [-0.1, -0.05) is 37.1 Å². The van der Waals surface area contributed by atoms with Crippen LogP contribution in [0.2, 0.25) is 5.02 Å². The van der Waals surface area contributed by atoms with Crippen LogP contribution in [0.15, 0.2) is 24.3 Å². The maximum atomic E-state index is 10.4. The molecule has 1 aliphatic heterocycles. The van der Waals surface area contributed by atoms with Crippen molar-refractivity contribution in [2.75, 3.05) is 59.1 Å². The molecule has 0 amide bonds. The molecule has 0 radical (unpaired) electrons. The maximum Gasteiger partial charge on any atom is 0.138 e. The lowest BCUT2D eigenvalue weighted by molar-refractivity contribution is 0.0265. The van der Waals surface area contributed by atoms with E-state index in [2.05, 4.69) is 16.7 Å². The number of aliphatic hydroxyl groups is 1. The normalized spacial score (nSPS) is 15.7. The van der Waals surface area contributed by atoms with Crippen LogP contribution < -0.4 is 4.74 Å². The molecule has 1 heterocycles. The molecular formula is C19H33Cl3N2O3. The Kier molecular flexibility index (Phi) is 15.5. The third-order valence-electron chi connectivity index (χ3n) is 4.40. The Balaban J connectivity index is 0.00000338. The van der Waals surface area contributed by atoms with E-state index in [4.69, 9.17) is 21.1 Å². The summed E-state index contributed by atoms with van der Waals surface area (Å²) in [5.74, 6) is 0.622. The Labute approximate surface area is 180 Å². The van der Waals surface area contributed by atoms with Crippen molar-refractivity contribution in [2.45, 2.75) is 25.9 Å². The smallest absolute Gasteiger partial charge is 0.138 e. The first-order valence-corrected chi connectivity index (χ1v) is 9.64. The van der Waals surface area contributed by atoms with E-state index < -0.39 is 6.10 Å². The average Bonchev–Trinajstić information content (AvgIpc) is 2.64. The largest absolute Gasteiger partial charge is 0.489 e. The summed E-state index contributed by atoms with van der Waals surface area (Å²) in [5, 5.41) is 10.9. The van der Waals surface area contributed by atoms with E-state index in [1.54, 1.807) is 6.07 Å². The molecule has 1 saturated heterocycles. The predicted octanol–water partition coefficient (Wildman–Crippen LogP) is 3.36. The second kappa shape index (κ2) is 15.6. The third-order valence-corrected chi connectivity index (χ3v) is 4.71. The molecule has 0 saturated carbocycles. The molecule has 0 aromatic heterocycles. The Hall–Kier alpha value is -0.270. The molecule has 0 aliphatic carbocycles. The first-order valence-electron chi connectivity index (χ1n) is 9.27. The van der Waals surface area contributed by atoms with Gasteiger partial charge in [-0.25, -0.2) is 0 Å². The number of unbranched alkanes of at least 4 members (excludes halogenated alkanes) is 1. The summed E-state index contributed by atoms with van der Waals surface area (Å²) in [6.45, 7) is 9.69. The highest BCUT2D eigenvalue weighted by Crippen LogP contribution is 2.23. The lowest BCUT2D eigenvalue weighted by Crippen LogP contribution is -2.44. The van der Waals surface area contributed by atoms with Crippen LogP contribution in [0.4, 0.5) is 0 Å². The molecule has 158 valence electrons. The van der Waals surface area contributed by atoms with Gasteiger partial charge in [0.25, 0.3) is 0 Å². The van der Waals surface area contributed by atoms with Crippen molar-refractivity contribution in [3.63, 3.8) is 0 Å². The summed E-state index contributed by atoms with van der Waals surface area (Å²) < 4.78 is 11.1. The van der Waals surface area contributed by atoms with Crippen LogP contribution in [0.3, 0.4) is 0 Å². The molecule has 27 heavy (non-hydrogen) atoms. The van der Waals surface area contributed by atoms with Gasteiger partial charge in [0.15, 0.2) is 0 Å². The fraction of sp³-hybridized carbons (Fsp3) is 0.684. The van der Waals surface area contributed by atoms with Gasteiger partial charge in [-0.05, 0) is 25.1 Å². The van der Waals surface area contributed by atoms with Gasteiger partial charge in [0.2, 0.25) is 0 Å². The molecule has 5 nitrogen and oxygen atoms in total. The molecule has 1 aromatic carbocycles. The van der Waals surface area contributed by atoms with E-state index in [0.717, 1.165) is 58.8 Å². The zero-order chi connectivity index (χ0) is 17.9. The fourth-order valence-electron chi connectivity index (χ4n) is 2.88. The number of benzene rings is 1. The van der Waals surface area contributed by atoms with Gasteiger partial charge in [-0.2, -0.15) is 0 Å². The number of rotatable bonds is 11. The molecule has 1 aromatic rings. The second-order valence-electron chi connectivity index (χ2n) is 6.50. The van der Waals surface area contributed by atoms with E-state index in [0.29, 0.717) is 17.3 Å². The molecule has 2 rings (SSSR count). The Morgan fingerprint density at radius 1 is 1.22 bits per heavy atom. The number of hydrogen-bond acceptors (Lipinski definition) is 5. The zero-order valence-electron chi connectivity index (χ0n) is 16.0. The fourth-order valence-corrected chi connectivity index (χ4v) is 3.07. The van der Waals surface area contributed by atoms with Crippen LogP contribution in [-0.2, 0) is 4.74 Å². The first-order chi connectivity index (χ1) is 12.2. The van der Waals surface area contributed by atoms with Gasteiger partial charge in [-0.3, -0.25) is 9.80 Å². The lowest BCUT2D eigenvalue weighted by Gasteiger charge is -2.31. The molecule has 1 unspecified atom stereocenters. The van der Waals surface area contributed by atoms with Crippen LogP contribution in [0.25, 0.3) is 0 Å². The quantitative estimate of drug-likeness (QED) is 0.568. The third kappa shape index (κ3) is 10.7. The van der Waals surface area contributed by atoms with Crippen molar-refractivity contribution < 1.29 is 14.6 Å². The van der Waals surface area contributed by atoms with Crippen LogP contribution in [0.1, 0.15) is 19.8 Å². The van der Waals surface area contributed by atoms with Gasteiger partial charge in [0, 0.05) is 32.7 Å². The number of nitrogens with zero attached hydrogens (tertiary/aromatic N) is 2. The standard InChI is InChI=1S/C19H31ClN2O3.2ClH/c1-2-3-8-22(10-9-21-11-13-24-14-12-21)15-17(23)16-25-19-7-5-4-6-18(19)20;;/h4-7,17,23H,2-3,8-16H2,1H3;2*1H. The monoisotopic (exact) mass is 442 g/mol. The summed E-state index contributed by atoms with van der Waals surface area (Å²) >= 11 is 6.08. The SMILES string of the molecule is CCCCN(CCN1CCOCC1)CC(O)COc1ccccc1Cl.Cl.Cl. The summed E-state index contributed by atoms with van der Waals surface area (Å²) in [6, 6.07) is 7.36. The van der Waals surface area contributed by atoms with Crippen LogP contribution >= 0.6 is 36.4 Å². The van der Waals surface area contributed by atoms with Gasteiger partial charge in [0.1, 0.15) is 18.5 Å². The van der Waals surface area contributed by atoms with Crippen molar-refractivity contribution in [1.29, 1.82) is 0 Å². The molecule has 1 aliphatic rings. The molecule has 1 atom stereocenters. The molecule has 8 heteroatoms. The van der Waals surface area contributed by atoms with Crippen LogP contribution in [0.5, 0.6) is 5.75 Å². The minimum atomic E-state index is -0.530. The zero-order valence-corrected chi connectivity index (χ0v) is 18.4. The van der Waals surface area contributed by atoms with E-state index in [1.807, 2.05) is 18.2 Å². The first kappa shape index (κ1) is 26.7. The van der Waals surface area contributed by atoms with Crippen LogP contribution in [0, 0.1) is 0 Å². The lowest BCUT2D eigenvalue weighted by atomic mass is 10.2. The summed E-state index contributed by atoms with van der Waals surface area (Å²) in [4.78, 5) is 4.76. The van der Waals surface area contributed by atoms with Crippen molar-refractivity contribution >= 4 is 36.4 Å². The highest BCUT2D eigenvalue weighted by Gasteiger charge is 2.16. The number of para-hydroxylation sites is 1. The van der Waals surface area contributed by atoms with Crippen molar-refractivity contribution in [3.8, 4) is 5.75 Å². The van der Waals surface area contributed by atoms with E-state index in [1.165, 1.54) is 0 Å². The molecular weight excluding hydrogens is 411 g/mol. The van der Waals surface area contributed by atoms with Gasteiger partial charge in [0.05, 0.1) is 18.2 Å². The topological polar surface area (TPSA) is 45.2 Å². The van der Waals surface area contributed by atoms with Crippen LogP contribution in [-0.4, -0.2) is 80.1 Å². The minimum Gasteiger partial charge on any atom is -0.489 e. The summed E-state index contributed by atoms with van der Waals surface area (Å²) in [5.41, 5.74) is 0. The molecule has 0 bridgehead atoms. The number of halogens is 3. The van der Waals surface area contributed by atoms with Gasteiger partial charge >= 0.3 is 0 Å². The van der Waals surface area contributed by atoms with E-state index >= 15 is 0 Å². The summed E-state index contributed by atoms with van der Waals surface area (Å²) in [6.07, 6.45) is 1.76. The number of morpholine rings is 1. The Morgan fingerprint density at radius 3 is 2.59 bits per heavy atom. The van der Waals surface area contributed by atoms with Crippen molar-refractivity contribution in [2.24, 2.45) is 0 Å². The maximum absolute atomic E-state index is 10.4. The van der Waals surface area contributed by atoms with Crippen molar-refractivity contribution in [1.82, 2.24) is 9.80 Å². The number of aliphatic hydroxyl groups excluding tert-OH is 1. The summed E-state index contributed by atoms with van der Waals surface area (Å²) in [7, 11) is 0. The minimum absolute atomic E-state index is 0. The Morgan fingerprint density at radius 2 is 1.93 bits per heavy atom. The highest BCUT2D eigenvalue weighted by atomic mass is 35.5. The number of hydrogen-bond donors (Lipinski definition) is 1. The highest BCUT2D eigenvalue weighted by molar-refractivity contribution is 6.32. The van der Waals surface area contributed by atoms with E-state index in [9.17, 15) is 5.11 Å². The Bertz CT molecular complexity index is 491. The molecule has 1 fully saturated rings.